The number of hydrogen-bond donors (Lipinski definition) is 1. The lowest BCUT2D eigenvalue weighted by Gasteiger charge is -2.07. The summed E-state index contributed by atoms with van der Waals surface area (Å²) in [5.41, 5.74) is 3.03. The van der Waals surface area contributed by atoms with E-state index in [0.29, 0.717) is 6.61 Å². The molecule has 0 atom stereocenters. The second-order valence-corrected chi connectivity index (χ2v) is 7.63. The van der Waals surface area contributed by atoms with Crippen LogP contribution >= 0.6 is 11.3 Å². The van der Waals surface area contributed by atoms with Crippen molar-refractivity contribution in [2.24, 2.45) is 0 Å². The lowest BCUT2D eigenvalue weighted by Crippen LogP contribution is -2.07. The zero-order valence-corrected chi connectivity index (χ0v) is 16.3. The molecule has 0 saturated heterocycles. The predicted molar refractivity (Wildman–Crippen MR) is 111 cm³/mol. The zero-order valence-electron chi connectivity index (χ0n) is 15.5. The van der Waals surface area contributed by atoms with Crippen LogP contribution in [-0.2, 0) is 17.8 Å². The number of aromatic nitrogens is 2. The van der Waals surface area contributed by atoms with Crippen LogP contribution in [0.1, 0.15) is 10.6 Å². The van der Waals surface area contributed by atoms with Gasteiger partial charge in [0.1, 0.15) is 17.3 Å². The summed E-state index contributed by atoms with van der Waals surface area (Å²) >= 11 is 1.70. The van der Waals surface area contributed by atoms with Crippen LogP contribution in [0.25, 0.3) is 21.5 Å². The molecule has 4 aromatic rings. The summed E-state index contributed by atoms with van der Waals surface area (Å²) in [4.78, 5) is 16.9. The Labute approximate surface area is 166 Å². The second kappa shape index (κ2) is 7.86. The van der Waals surface area contributed by atoms with Gasteiger partial charge in [-0.3, -0.25) is 4.79 Å². The number of fused-ring (bicyclic) bond motifs is 1. The quantitative estimate of drug-likeness (QED) is 0.492. The van der Waals surface area contributed by atoms with Crippen LogP contribution in [0.2, 0.25) is 0 Å². The maximum Gasteiger partial charge on any atom is 0.323 e. The van der Waals surface area contributed by atoms with E-state index in [0.717, 1.165) is 39.3 Å². The summed E-state index contributed by atoms with van der Waals surface area (Å²) in [6, 6.07) is 17.9. The first kappa shape index (κ1) is 18.3. The molecule has 2 heterocycles. The third-order valence-corrected chi connectivity index (χ3v) is 5.83. The fourth-order valence-electron chi connectivity index (χ4n) is 3.16. The van der Waals surface area contributed by atoms with Crippen molar-refractivity contribution in [3.05, 3.63) is 71.4 Å². The van der Waals surface area contributed by atoms with Gasteiger partial charge in [0, 0.05) is 29.1 Å². The Morgan fingerprint density at radius 2 is 2.00 bits per heavy atom. The number of aryl methyl sites for hydroxylation is 1. The SMILES string of the molecule is Cc1nc(-c2ccccc2)sc1CCOc1ccc2ccn(CC(=O)O)c2c1. The van der Waals surface area contributed by atoms with Crippen LogP contribution in [0.15, 0.2) is 60.8 Å². The summed E-state index contributed by atoms with van der Waals surface area (Å²) in [6.45, 7) is 2.51. The monoisotopic (exact) mass is 392 g/mol. The Hall–Kier alpha value is -3.12. The van der Waals surface area contributed by atoms with Gasteiger partial charge >= 0.3 is 5.97 Å². The molecule has 0 amide bonds. The van der Waals surface area contributed by atoms with Crippen LogP contribution in [-0.4, -0.2) is 27.2 Å². The standard InChI is InChI=1S/C22H20N2O3S/c1-15-20(28-22(23-15)17-5-3-2-4-6-17)10-12-27-18-8-7-16-9-11-24(14-21(25)26)19(16)13-18/h2-9,11,13H,10,12,14H2,1H3,(H,25,26). The predicted octanol–water partition coefficient (Wildman–Crippen LogP) is 4.78. The van der Waals surface area contributed by atoms with E-state index in [1.54, 1.807) is 22.1 Å². The number of ether oxygens (including phenoxy) is 1. The second-order valence-electron chi connectivity index (χ2n) is 6.55. The summed E-state index contributed by atoms with van der Waals surface area (Å²) in [7, 11) is 0. The molecule has 0 fully saturated rings. The number of rotatable bonds is 7. The molecular weight excluding hydrogens is 372 g/mol. The molecular formula is C22H20N2O3S. The largest absolute Gasteiger partial charge is 0.493 e. The van der Waals surface area contributed by atoms with Gasteiger partial charge in [-0.2, -0.15) is 0 Å². The number of hydrogen-bond acceptors (Lipinski definition) is 4. The van der Waals surface area contributed by atoms with E-state index >= 15 is 0 Å². The average molecular weight is 392 g/mol. The minimum absolute atomic E-state index is 0.0602. The lowest BCUT2D eigenvalue weighted by molar-refractivity contribution is -0.137. The molecule has 142 valence electrons. The topological polar surface area (TPSA) is 64.4 Å². The fourth-order valence-corrected chi connectivity index (χ4v) is 4.21. The highest BCUT2D eigenvalue weighted by molar-refractivity contribution is 7.15. The Balaban J connectivity index is 1.44. The van der Waals surface area contributed by atoms with Crippen molar-refractivity contribution < 1.29 is 14.6 Å². The molecule has 0 radical (unpaired) electrons. The van der Waals surface area contributed by atoms with Gasteiger partial charge in [0.25, 0.3) is 0 Å². The number of carbonyl (C=O) groups is 1. The van der Waals surface area contributed by atoms with Gasteiger partial charge in [-0.15, -0.1) is 11.3 Å². The molecule has 6 heteroatoms. The van der Waals surface area contributed by atoms with E-state index in [1.165, 1.54) is 4.88 Å². The Bertz CT molecular complexity index is 1120. The van der Waals surface area contributed by atoms with Gasteiger partial charge in [-0.05, 0) is 30.5 Å². The molecule has 0 bridgehead atoms. The number of thiazole rings is 1. The number of carboxylic acids is 1. The molecule has 0 saturated carbocycles. The van der Waals surface area contributed by atoms with E-state index in [9.17, 15) is 4.79 Å². The van der Waals surface area contributed by atoms with Crippen LogP contribution in [0.5, 0.6) is 5.75 Å². The molecule has 0 aliphatic heterocycles. The Kier molecular flexibility index (Phi) is 5.12. The highest BCUT2D eigenvalue weighted by Crippen LogP contribution is 2.28. The molecule has 2 aromatic carbocycles. The summed E-state index contributed by atoms with van der Waals surface area (Å²) in [5.74, 6) is -0.123. The van der Waals surface area contributed by atoms with Gasteiger partial charge in [-0.25, -0.2) is 4.98 Å². The van der Waals surface area contributed by atoms with Crippen molar-refractivity contribution in [3.8, 4) is 16.3 Å². The minimum Gasteiger partial charge on any atom is -0.493 e. The van der Waals surface area contributed by atoms with Gasteiger partial charge in [0.05, 0.1) is 17.8 Å². The van der Waals surface area contributed by atoms with Gasteiger partial charge in [0.2, 0.25) is 0 Å². The number of benzene rings is 2. The van der Waals surface area contributed by atoms with E-state index < -0.39 is 5.97 Å². The van der Waals surface area contributed by atoms with Crippen LogP contribution < -0.4 is 4.74 Å². The molecule has 4 rings (SSSR count). The molecule has 0 spiro atoms. The maximum absolute atomic E-state index is 11.0. The molecule has 0 unspecified atom stereocenters. The highest BCUT2D eigenvalue weighted by Gasteiger charge is 2.10. The van der Waals surface area contributed by atoms with Crippen molar-refractivity contribution in [1.29, 1.82) is 0 Å². The Morgan fingerprint density at radius 3 is 2.79 bits per heavy atom. The summed E-state index contributed by atoms with van der Waals surface area (Å²) in [5, 5.41) is 11.1. The number of carboxylic acid groups (broad SMARTS) is 1. The van der Waals surface area contributed by atoms with Crippen molar-refractivity contribution in [3.63, 3.8) is 0 Å². The molecule has 28 heavy (non-hydrogen) atoms. The fraction of sp³-hybridized carbons (Fsp3) is 0.182. The first-order valence-electron chi connectivity index (χ1n) is 9.05. The van der Waals surface area contributed by atoms with Crippen molar-refractivity contribution in [2.75, 3.05) is 6.61 Å². The van der Waals surface area contributed by atoms with Gasteiger partial charge in [0.15, 0.2) is 0 Å². The van der Waals surface area contributed by atoms with E-state index in [4.69, 9.17) is 9.84 Å². The number of aliphatic carboxylic acids is 1. The van der Waals surface area contributed by atoms with E-state index in [1.807, 2.05) is 49.4 Å². The summed E-state index contributed by atoms with van der Waals surface area (Å²) in [6.07, 6.45) is 2.57. The first-order valence-corrected chi connectivity index (χ1v) is 9.87. The third kappa shape index (κ3) is 3.92. The van der Waals surface area contributed by atoms with E-state index in [-0.39, 0.29) is 6.54 Å². The normalized spacial score (nSPS) is 11.0. The Morgan fingerprint density at radius 1 is 1.18 bits per heavy atom. The maximum atomic E-state index is 11.0. The molecule has 0 aliphatic rings. The number of nitrogens with zero attached hydrogens (tertiary/aromatic N) is 2. The third-order valence-electron chi connectivity index (χ3n) is 4.56. The van der Waals surface area contributed by atoms with Gasteiger partial charge in [-0.1, -0.05) is 30.3 Å². The lowest BCUT2D eigenvalue weighted by atomic mass is 10.2. The summed E-state index contributed by atoms with van der Waals surface area (Å²) < 4.78 is 7.65. The zero-order chi connectivity index (χ0) is 19.5. The van der Waals surface area contributed by atoms with Gasteiger partial charge < -0.3 is 14.4 Å². The van der Waals surface area contributed by atoms with E-state index in [2.05, 4.69) is 17.1 Å². The molecule has 2 aromatic heterocycles. The smallest absolute Gasteiger partial charge is 0.323 e. The van der Waals surface area contributed by atoms with Crippen LogP contribution in [0, 0.1) is 6.92 Å². The first-order chi connectivity index (χ1) is 13.6. The minimum atomic E-state index is -0.862. The highest BCUT2D eigenvalue weighted by atomic mass is 32.1. The van der Waals surface area contributed by atoms with Crippen LogP contribution in [0.4, 0.5) is 0 Å². The molecule has 1 N–H and O–H groups in total. The van der Waals surface area contributed by atoms with Crippen molar-refractivity contribution >= 4 is 28.2 Å². The van der Waals surface area contributed by atoms with Crippen molar-refractivity contribution in [2.45, 2.75) is 19.9 Å². The van der Waals surface area contributed by atoms with Crippen molar-refractivity contribution in [1.82, 2.24) is 9.55 Å². The molecule has 0 aliphatic carbocycles. The van der Waals surface area contributed by atoms with Crippen LogP contribution in [0.3, 0.4) is 0 Å². The molecule has 5 nitrogen and oxygen atoms in total. The average Bonchev–Trinajstić information content (AvgIpc) is 3.26.